The fourth-order valence-corrected chi connectivity index (χ4v) is 7.24. The first-order chi connectivity index (χ1) is 23.7. The van der Waals surface area contributed by atoms with Crippen molar-refractivity contribution in [3.05, 3.63) is 67.1 Å². The average molecular weight is 768 g/mol. The van der Waals surface area contributed by atoms with Crippen LogP contribution in [0.5, 0.6) is 6.01 Å². The lowest BCUT2D eigenvalue weighted by Gasteiger charge is -2.16. The number of amides is 4. The Morgan fingerprint density at radius 3 is 2.34 bits per heavy atom. The zero-order valence-corrected chi connectivity index (χ0v) is 29.6. The number of anilines is 2. The number of urea groups is 1. The molecule has 0 fully saturated rings. The summed E-state index contributed by atoms with van der Waals surface area (Å²) in [6.07, 6.45) is 4.45. The van der Waals surface area contributed by atoms with Gasteiger partial charge in [0.15, 0.2) is 0 Å². The van der Waals surface area contributed by atoms with Crippen LogP contribution in [-0.2, 0) is 29.1 Å². The lowest BCUT2D eigenvalue weighted by Crippen LogP contribution is -2.35. The molecule has 5 rings (SSSR count). The van der Waals surface area contributed by atoms with E-state index in [4.69, 9.17) is 37.8 Å². The number of imide groups is 1. The number of hydrogen-bond donors (Lipinski definition) is 3. The summed E-state index contributed by atoms with van der Waals surface area (Å²) in [7, 11) is -3.06. The summed E-state index contributed by atoms with van der Waals surface area (Å²) in [5.74, 6) is -2.62. The Morgan fingerprint density at radius 1 is 1.08 bits per heavy atom. The van der Waals surface area contributed by atoms with Crippen LogP contribution in [0.1, 0.15) is 53.7 Å². The van der Waals surface area contributed by atoms with Gasteiger partial charge in [0.2, 0.25) is 5.95 Å². The first-order valence-corrected chi connectivity index (χ1v) is 17.6. The van der Waals surface area contributed by atoms with Crippen LogP contribution in [-0.4, -0.2) is 72.0 Å². The number of thiophene rings is 1. The second-order valence-electron chi connectivity index (χ2n) is 10.2. The zero-order chi connectivity index (χ0) is 36.7. The molecule has 0 saturated heterocycles. The number of carboxylic acids is 1. The van der Waals surface area contributed by atoms with E-state index >= 15 is 0 Å². The number of hydrogen-bond acceptors (Lipinski definition) is 13. The number of halogens is 2. The van der Waals surface area contributed by atoms with Gasteiger partial charge in [0, 0.05) is 16.2 Å². The van der Waals surface area contributed by atoms with Crippen molar-refractivity contribution in [2.75, 3.05) is 23.9 Å². The topological polar surface area (TPSA) is 224 Å². The smallest absolute Gasteiger partial charge is 0.349 e. The number of methoxy groups -OCH3 is 1. The molecule has 0 saturated carbocycles. The monoisotopic (exact) mass is 766 g/mol. The van der Waals surface area contributed by atoms with Crippen molar-refractivity contribution in [1.29, 1.82) is 0 Å². The molecule has 16 nitrogen and oxygen atoms in total. The van der Waals surface area contributed by atoms with Gasteiger partial charge in [-0.2, -0.15) is 15.0 Å². The minimum Gasteiger partial charge on any atom is -0.477 e. The Labute approximate surface area is 299 Å². The summed E-state index contributed by atoms with van der Waals surface area (Å²) in [4.78, 5) is 71.4. The molecule has 2 aromatic heterocycles. The van der Waals surface area contributed by atoms with E-state index in [0.717, 1.165) is 30.2 Å². The van der Waals surface area contributed by atoms with Gasteiger partial charge in [-0.3, -0.25) is 14.9 Å². The lowest BCUT2D eigenvalue weighted by molar-refractivity contribution is -0.137. The van der Waals surface area contributed by atoms with Gasteiger partial charge in [-0.05, 0) is 80.8 Å². The summed E-state index contributed by atoms with van der Waals surface area (Å²) >= 11 is 12.8. The Hall–Kier alpha value is -4.91. The van der Waals surface area contributed by atoms with Crippen molar-refractivity contribution in [2.24, 2.45) is 0 Å². The third-order valence-electron chi connectivity index (χ3n) is 6.86. The quantitative estimate of drug-likeness (QED) is 0.153. The SMILES string of the molecule is CCOC(=O)/C(Cl)=C/c1cc(N2C(=O)C3=C(CCCC3)C2=O)ccc1Cl.COc1nc(C)nc(NC(=O)NS(=O)(=O)c2ccsc2C(=O)O)n1. The summed E-state index contributed by atoms with van der Waals surface area (Å²) in [6.45, 7) is 3.40. The molecule has 50 heavy (non-hydrogen) atoms. The molecule has 3 heterocycles. The molecule has 3 N–H and O–H groups in total. The van der Waals surface area contributed by atoms with Crippen LogP contribution in [0, 0.1) is 6.92 Å². The van der Waals surface area contributed by atoms with Crippen LogP contribution in [0.4, 0.5) is 16.4 Å². The Morgan fingerprint density at radius 2 is 1.74 bits per heavy atom. The third kappa shape index (κ3) is 8.81. The predicted octanol–water partition coefficient (Wildman–Crippen LogP) is 4.69. The molecule has 1 aromatic carbocycles. The molecular formula is C30H28Cl2N6O10S2. The number of ether oxygens (including phenoxy) is 2. The molecular weight excluding hydrogens is 739 g/mol. The van der Waals surface area contributed by atoms with Gasteiger partial charge in [-0.25, -0.2) is 32.4 Å². The van der Waals surface area contributed by atoms with Crippen LogP contribution in [0.3, 0.4) is 0 Å². The number of carboxylic acid groups (broad SMARTS) is 1. The minimum absolute atomic E-state index is 0.0633. The molecule has 4 amide bonds. The van der Waals surface area contributed by atoms with Gasteiger partial charge < -0.3 is 14.6 Å². The standard InChI is InChI=1S/C19H17Cl2NO4.C11H11N5O6S2/c1-2-26-19(25)16(21)10-11-9-12(7-8-15(11)20)22-17(23)13-5-3-4-6-14(13)18(22)24;1-5-12-9(15-11(13-5)22-2)14-10(19)16-24(20,21)6-3-4-23-7(6)8(17)18/h7-10H,2-6H2,1H3;3-4H,1-2H3,(H,17,18)(H2,12,13,14,15,16,19)/b16-10-;. The number of carbonyl (C=O) groups excluding carboxylic acids is 4. The van der Waals surface area contributed by atoms with E-state index in [1.807, 2.05) is 0 Å². The van der Waals surface area contributed by atoms with Crippen LogP contribution < -0.4 is 19.7 Å². The van der Waals surface area contributed by atoms with E-state index in [9.17, 15) is 32.4 Å². The van der Waals surface area contributed by atoms with Gasteiger partial charge >= 0.3 is 24.0 Å². The van der Waals surface area contributed by atoms with Crippen molar-refractivity contribution >= 4 is 92.1 Å². The molecule has 2 aliphatic rings. The van der Waals surface area contributed by atoms with E-state index in [1.54, 1.807) is 29.8 Å². The summed E-state index contributed by atoms with van der Waals surface area (Å²) in [5.41, 5.74) is 2.04. The van der Waals surface area contributed by atoms with Crippen LogP contribution in [0.25, 0.3) is 6.08 Å². The molecule has 3 aromatic rings. The van der Waals surface area contributed by atoms with Gasteiger partial charge in [-0.15, -0.1) is 11.3 Å². The first-order valence-electron chi connectivity index (χ1n) is 14.5. The Kier molecular flexibility index (Phi) is 12.3. The van der Waals surface area contributed by atoms with Gasteiger partial charge in [-0.1, -0.05) is 23.2 Å². The largest absolute Gasteiger partial charge is 0.477 e. The van der Waals surface area contributed by atoms with Crippen LogP contribution in [0.2, 0.25) is 5.02 Å². The Balaban J connectivity index is 0.000000226. The minimum atomic E-state index is -4.37. The van der Waals surface area contributed by atoms with Crippen molar-refractivity contribution in [3.8, 4) is 6.01 Å². The first kappa shape index (κ1) is 37.9. The number of aromatic carboxylic acids is 1. The predicted molar refractivity (Wildman–Crippen MR) is 182 cm³/mol. The molecule has 20 heteroatoms. The summed E-state index contributed by atoms with van der Waals surface area (Å²) < 4.78 is 35.5. The van der Waals surface area contributed by atoms with E-state index in [2.05, 4.69) is 20.3 Å². The number of rotatable bonds is 9. The van der Waals surface area contributed by atoms with Crippen molar-refractivity contribution < 1.29 is 47.0 Å². The van der Waals surface area contributed by atoms with Crippen molar-refractivity contribution in [3.63, 3.8) is 0 Å². The van der Waals surface area contributed by atoms with E-state index in [-0.39, 0.29) is 41.2 Å². The number of carbonyl (C=O) groups is 5. The van der Waals surface area contributed by atoms with Crippen molar-refractivity contribution in [2.45, 2.75) is 44.4 Å². The maximum absolute atomic E-state index is 12.7. The van der Waals surface area contributed by atoms with E-state index in [1.165, 1.54) is 30.4 Å². The second-order valence-corrected chi connectivity index (χ2v) is 13.6. The van der Waals surface area contributed by atoms with Crippen molar-refractivity contribution in [1.82, 2.24) is 19.7 Å². The van der Waals surface area contributed by atoms with E-state index in [0.29, 0.717) is 40.3 Å². The third-order valence-corrected chi connectivity index (χ3v) is 9.87. The highest BCUT2D eigenvalue weighted by Crippen LogP contribution is 2.37. The fraction of sp³-hybridized carbons (Fsp3) is 0.267. The number of benzene rings is 1. The van der Waals surface area contributed by atoms with Gasteiger partial charge in [0.05, 0.1) is 19.4 Å². The molecule has 0 spiro atoms. The zero-order valence-electron chi connectivity index (χ0n) is 26.5. The molecule has 264 valence electrons. The molecule has 0 unspecified atom stereocenters. The summed E-state index contributed by atoms with van der Waals surface area (Å²) in [6, 6.07) is 4.59. The number of sulfonamides is 1. The maximum atomic E-state index is 12.7. The second kappa shape index (κ2) is 16.2. The normalized spacial score (nSPS) is 14.4. The average Bonchev–Trinajstić information content (AvgIpc) is 3.66. The van der Waals surface area contributed by atoms with Crippen LogP contribution >= 0.6 is 34.5 Å². The summed E-state index contributed by atoms with van der Waals surface area (Å²) in [5, 5.41) is 12.6. The maximum Gasteiger partial charge on any atom is 0.349 e. The molecule has 1 aliphatic carbocycles. The highest BCUT2D eigenvalue weighted by atomic mass is 35.5. The van der Waals surface area contributed by atoms with Gasteiger partial charge in [0.1, 0.15) is 20.6 Å². The fourth-order valence-electron chi connectivity index (χ4n) is 4.72. The molecule has 1 aliphatic heterocycles. The number of esters is 1. The number of nitrogens with zero attached hydrogens (tertiary/aromatic N) is 4. The highest BCUT2D eigenvalue weighted by Gasteiger charge is 2.39. The van der Waals surface area contributed by atoms with E-state index < -0.39 is 37.8 Å². The highest BCUT2D eigenvalue weighted by molar-refractivity contribution is 7.90. The molecule has 0 atom stereocenters. The number of aryl methyl sites for hydroxylation is 1. The lowest BCUT2D eigenvalue weighted by atomic mass is 9.93. The van der Waals surface area contributed by atoms with Gasteiger partial charge in [0.25, 0.3) is 21.8 Å². The molecule has 0 bridgehead atoms. The molecule has 0 radical (unpaired) electrons. The Bertz CT molecular complexity index is 2020. The number of nitrogens with one attached hydrogen (secondary N) is 2. The number of aromatic nitrogens is 3. The van der Waals surface area contributed by atoms with Crippen LogP contribution in [0.15, 0.2) is 50.7 Å².